The maximum atomic E-state index is 13.8. The maximum Gasteiger partial charge on any atom is 0.252 e. The Morgan fingerprint density at radius 1 is 0.515 bits per heavy atom. The van der Waals surface area contributed by atoms with Gasteiger partial charge in [0, 0.05) is 50.6 Å². The summed E-state index contributed by atoms with van der Waals surface area (Å²) in [6, 6.07) is 35.6. The van der Waals surface area contributed by atoms with Gasteiger partial charge in [0.25, 0.3) is 11.8 Å². The first-order valence-electron chi connectivity index (χ1n) is 22.7. The molecule has 0 saturated heterocycles. The Labute approximate surface area is 390 Å². The Kier molecular flexibility index (Phi) is 16.2. The summed E-state index contributed by atoms with van der Waals surface area (Å²) in [6.07, 6.45) is 4.54. The predicted octanol–water partition coefficient (Wildman–Crippen LogP) is 10.6. The summed E-state index contributed by atoms with van der Waals surface area (Å²) in [7, 11) is 3.11. The molecular formula is C54H68N6O6. The molecule has 0 fully saturated rings. The number of aromatic amines is 2. The van der Waals surface area contributed by atoms with Gasteiger partial charge in [0.05, 0.1) is 49.9 Å². The molecule has 2 aromatic heterocycles. The van der Waals surface area contributed by atoms with Crippen molar-refractivity contribution < 1.29 is 28.5 Å². The van der Waals surface area contributed by atoms with E-state index < -0.39 is 23.3 Å². The fourth-order valence-corrected chi connectivity index (χ4v) is 7.57. The number of nitrogens with one attached hydrogen (secondary N) is 4. The van der Waals surface area contributed by atoms with Crippen molar-refractivity contribution in [2.45, 2.75) is 105 Å². The van der Waals surface area contributed by atoms with Crippen LogP contribution in [-0.4, -0.2) is 70.4 Å². The Balaban J connectivity index is 1.07. The third-order valence-electron chi connectivity index (χ3n) is 12.3. The van der Waals surface area contributed by atoms with Crippen molar-refractivity contribution in [1.82, 2.24) is 30.6 Å². The summed E-state index contributed by atoms with van der Waals surface area (Å²) in [5.74, 6) is 0.872. The zero-order chi connectivity index (χ0) is 47.5. The molecule has 0 bridgehead atoms. The SMILES string of the molecule is COC(C)(CCOCc1ccccc1)C(=O)N[C@H](c1nc(-c2ccc(-c3ccc(-c4c[nH]c([C@@H](NC(=O)C(C)(CCOCc5ccccc5)OC)C(C)(C)C)n4)cc3)cc2)c[nH]1)C(C)(C)C. The van der Waals surface area contributed by atoms with Gasteiger partial charge in [-0.25, -0.2) is 9.97 Å². The number of nitrogens with zero attached hydrogens (tertiary/aromatic N) is 2. The molecule has 350 valence electrons. The van der Waals surface area contributed by atoms with Gasteiger partial charge in [-0.15, -0.1) is 0 Å². The summed E-state index contributed by atoms with van der Waals surface area (Å²) >= 11 is 0. The minimum atomic E-state index is -1.09. The Morgan fingerprint density at radius 2 is 0.848 bits per heavy atom. The van der Waals surface area contributed by atoms with Crippen LogP contribution in [0.5, 0.6) is 0 Å². The molecule has 0 aliphatic rings. The third-order valence-corrected chi connectivity index (χ3v) is 12.3. The van der Waals surface area contributed by atoms with Gasteiger partial charge in [-0.1, -0.05) is 151 Å². The highest BCUT2D eigenvalue weighted by atomic mass is 16.5. The Hall–Kier alpha value is -5.92. The lowest BCUT2D eigenvalue weighted by atomic mass is 9.85. The van der Waals surface area contributed by atoms with Crippen LogP contribution >= 0.6 is 0 Å². The van der Waals surface area contributed by atoms with E-state index in [-0.39, 0.29) is 22.6 Å². The number of rotatable bonds is 21. The van der Waals surface area contributed by atoms with Crippen molar-refractivity contribution in [2.75, 3.05) is 27.4 Å². The zero-order valence-electron chi connectivity index (χ0n) is 40.3. The van der Waals surface area contributed by atoms with Crippen LogP contribution in [0, 0.1) is 10.8 Å². The van der Waals surface area contributed by atoms with E-state index in [1.807, 2.05) is 73.1 Å². The first-order chi connectivity index (χ1) is 31.4. The summed E-state index contributed by atoms with van der Waals surface area (Å²) in [5, 5.41) is 6.46. The molecule has 6 aromatic rings. The average Bonchev–Trinajstić information content (AvgIpc) is 4.01. The summed E-state index contributed by atoms with van der Waals surface area (Å²) in [5.41, 5.74) is 4.81. The number of imidazole rings is 2. The zero-order valence-corrected chi connectivity index (χ0v) is 40.3. The van der Waals surface area contributed by atoms with E-state index in [0.717, 1.165) is 44.8 Å². The number of hydrogen-bond donors (Lipinski definition) is 4. The molecular weight excluding hydrogens is 829 g/mol. The van der Waals surface area contributed by atoms with Crippen molar-refractivity contribution in [2.24, 2.45) is 10.8 Å². The smallest absolute Gasteiger partial charge is 0.252 e. The van der Waals surface area contributed by atoms with Gasteiger partial charge in [0.15, 0.2) is 0 Å². The number of H-pyrrole nitrogens is 2. The molecule has 12 nitrogen and oxygen atoms in total. The van der Waals surface area contributed by atoms with Crippen molar-refractivity contribution in [3.8, 4) is 33.6 Å². The van der Waals surface area contributed by atoms with Crippen LogP contribution in [0.3, 0.4) is 0 Å². The second-order valence-corrected chi connectivity index (χ2v) is 19.5. The van der Waals surface area contributed by atoms with Gasteiger partial charge in [-0.2, -0.15) is 0 Å². The molecule has 2 unspecified atom stereocenters. The third kappa shape index (κ3) is 12.7. The number of benzene rings is 4. The molecule has 2 amide bonds. The molecule has 0 saturated carbocycles. The minimum absolute atomic E-state index is 0.227. The Bertz CT molecular complexity index is 2280. The van der Waals surface area contributed by atoms with Gasteiger partial charge in [0.1, 0.15) is 22.9 Å². The van der Waals surface area contributed by atoms with Crippen molar-refractivity contribution in [3.63, 3.8) is 0 Å². The summed E-state index contributed by atoms with van der Waals surface area (Å²) in [6.45, 7) is 17.7. The lowest BCUT2D eigenvalue weighted by Gasteiger charge is -2.34. The van der Waals surface area contributed by atoms with Crippen LogP contribution in [0.15, 0.2) is 122 Å². The first kappa shape index (κ1) is 49.5. The van der Waals surface area contributed by atoms with E-state index >= 15 is 0 Å². The first-order valence-corrected chi connectivity index (χ1v) is 22.7. The van der Waals surface area contributed by atoms with Gasteiger partial charge < -0.3 is 39.5 Å². The minimum Gasteiger partial charge on any atom is -0.377 e. The van der Waals surface area contributed by atoms with Crippen molar-refractivity contribution in [3.05, 3.63) is 144 Å². The number of aromatic nitrogens is 4. The highest BCUT2D eigenvalue weighted by molar-refractivity contribution is 5.86. The molecule has 4 aromatic carbocycles. The van der Waals surface area contributed by atoms with Gasteiger partial charge in [-0.05, 0) is 46.9 Å². The molecule has 0 aliphatic heterocycles. The van der Waals surface area contributed by atoms with Gasteiger partial charge in [-0.3, -0.25) is 9.59 Å². The normalized spacial score (nSPS) is 14.8. The molecule has 6 rings (SSSR count). The molecule has 2 heterocycles. The number of carbonyl (C=O) groups excluding carboxylic acids is 2. The second kappa shape index (κ2) is 21.6. The second-order valence-electron chi connectivity index (χ2n) is 19.5. The summed E-state index contributed by atoms with van der Waals surface area (Å²) < 4.78 is 23.3. The van der Waals surface area contributed by atoms with Crippen LogP contribution in [0.1, 0.15) is 103 Å². The largest absolute Gasteiger partial charge is 0.377 e. The van der Waals surface area contributed by atoms with E-state index in [2.05, 4.69) is 111 Å². The highest BCUT2D eigenvalue weighted by Gasteiger charge is 2.40. The number of methoxy groups -OCH3 is 2. The van der Waals surface area contributed by atoms with E-state index in [1.165, 1.54) is 0 Å². The quantitative estimate of drug-likeness (QED) is 0.0521. The maximum absolute atomic E-state index is 13.8. The van der Waals surface area contributed by atoms with Crippen LogP contribution in [0.2, 0.25) is 0 Å². The number of ether oxygens (including phenoxy) is 4. The molecule has 12 heteroatoms. The number of amides is 2. The van der Waals surface area contributed by atoms with Crippen LogP contribution in [0.25, 0.3) is 33.6 Å². The standard InChI is InChI=1S/C54H68N6O6/c1-51(2,3)45(59-49(61)53(7,63-9)29-31-65-35-37-17-13-11-14-18-37)47-55-33-43(57-47)41-25-21-39(22-26-41)40-23-27-42(28-24-40)44-34-56-48(58-44)46(52(4,5)6)60-50(62)54(8,64-10)30-32-66-36-38-19-15-12-16-20-38/h11-28,33-34,45-46H,29-32,35-36H2,1-10H3,(H,55,57)(H,56,58)(H,59,61)(H,60,62)/t45-,46-,53?,54?/m1/s1. The van der Waals surface area contributed by atoms with Crippen LogP contribution in [-0.2, 0) is 41.8 Å². The van der Waals surface area contributed by atoms with Crippen LogP contribution in [0.4, 0.5) is 0 Å². The molecule has 0 radical (unpaired) electrons. The van der Waals surface area contributed by atoms with E-state index in [4.69, 9.17) is 28.9 Å². The lowest BCUT2D eigenvalue weighted by molar-refractivity contribution is -0.146. The van der Waals surface area contributed by atoms with E-state index in [9.17, 15) is 9.59 Å². The Morgan fingerprint density at radius 3 is 1.17 bits per heavy atom. The number of hydrogen-bond acceptors (Lipinski definition) is 8. The van der Waals surface area contributed by atoms with Crippen molar-refractivity contribution >= 4 is 11.8 Å². The summed E-state index contributed by atoms with van der Waals surface area (Å²) in [4.78, 5) is 44.2. The molecule has 4 atom stereocenters. The average molecular weight is 897 g/mol. The van der Waals surface area contributed by atoms with E-state index in [0.29, 0.717) is 50.9 Å². The monoisotopic (exact) mass is 897 g/mol. The number of carbonyl (C=O) groups is 2. The molecule has 0 spiro atoms. The van der Waals surface area contributed by atoms with Crippen LogP contribution < -0.4 is 10.6 Å². The predicted molar refractivity (Wildman–Crippen MR) is 260 cm³/mol. The lowest BCUT2D eigenvalue weighted by Crippen LogP contribution is -2.50. The topological polar surface area (TPSA) is 152 Å². The molecule has 66 heavy (non-hydrogen) atoms. The van der Waals surface area contributed by atoms with Crippen molar-refractivity contribution in [1.29, 1.82) is 0 Å². The van der Waals surface area contributed by atoms with Gasteiger partial charge >= 0.3 is 0 Å². The molecule has 4 N–H and O–H groups in total. The fraction of sp³-hybridized carbons (Fsp3) is 0.407. The van der Waals surface area contributed by atoms with E-state index in [1.54, 1.807) is 28.1 Å². The molecule has 0 aliphatic carbocycles. The van der Waals surface area contributed by atoms with Gasteiger partial charge in [0.2, 0.25) is 0 Å². The fourth-order valence-electron chi connectivity index (χ4n) is 7.57. The highest BCUT2D eigenvalue weighted by Crippen LogP contribution is 2.36.